The average Bonchev–Trinajstić information content (AvgIpc) is 2.69. The number of nitrogens with zero attached hydrogens (tertiary/aromatic N) is 1. The lowest BCUT2D eigenvalue weighted by atomic mass is 9.70. The second-order valence-electron chi connectivity index (χ2n) is 7.05. The first kappa shape index (κ1) is 14.8. The number of hydrogen-bond acceptors (Lipinski definition) is 3. The number of carbonyl (C=O) groups excluding carboxylic acids is 1. The van der Waals surface area contributed by atoms with Crippen molar-refractivity contribution >= 4 is 5.97 Å². The molecule has 0 saturated heterocycles. The maximum absolute atomic E-state index is 12.1. The highest BCUT2D eigenvalue weighted by molar-refractivity contribution is 5.72. The van der Waals surface area contributed by atoms with E-state index in [1.807, 2.05) is 0 Å². The van der Waals surface area contributed by atoms with Crippen molar-refractivity contribution in [1.29, 1.82) is 0 Å². The van der Waals surface area contributed by atoms with Crippen molar-refractivity contribution in [3.05, 3.63) is 0 Å². The van der Waals surface area contributed by atoms with E-state index in [2.05, 4.69) is 39.5 Å². The molecular weight excluding hydrogens is 238 g/mol. The summed E-state index contributed by atoms with van der Waals surface area (Å²) in [6.45, 7) is 13.4. The van der Waals surface area contributed by atoms with Crippen molar-refractivity contribution in [1.82, 2.24) is 4.90 Å². The summed E-state index contributed by atoms with van der Waals surface area (Å²) in [4.78, 5) is 14.2. The molecule has 0 aromatic heterocycles. The number of hydrogen-bond donors (Lipinski definition) is 0. The highest BCUT2D eigenvalue weighted by Crippen LogP contribution is 2.66. The molecule has 2 aliphatic carbocycles. The van der Waals surface area contributed by atoms with E-state index in [9.17, 15) is 4.79 Å². The van der Waals surface area contributed by atoms with E-state index in [1.54, 1.807) is 0 Å². The standard InChI is InChI=1S/C16H29NO2/c1-6-17(7-2)11-14(18)19-13-10-12-8-9-16(13,5)15(12,3)4/h12-13H,6-11H2,1-5H3/t12-,13+,16+/m1/s1. The first-order valence-corrected chi connectivity index (χ1v) is 7.77. The Kier molecular flexibility index (Phi) is 3.97. The minimum atomic E-state index is -0.0433. The molecule has 0 aliphatic heterocycles. The van der Waals surface area contributed by atoms with Gasteiger partial charge >= 0.3 is 5.97 Å². The van der Waals surface area contributed by atoms with Crippen LogP contribution in [0.2, 0.25) is 0 Å². The Morgan fingerprint density at radius 3 is 2.32 bits per heavy atom. The Morgan fingerprint density at radius 1 is 1.26 bits per heavy atom. The first-order chi connectivity index (χ1) is 8.85. The topological polar surface area (TPSA) is 29.5 Å². The van der Waals surface area contributed by atoms with Crippen molar-refractivity contribution in [3.63, 3.8) is 0 Å². The third-order valence-corrected chi connectivity index (χ3v) is 6.23. The van der Waals surface area contributed by atoms with Crippen LogP contribution in [0.3, 0.4) is 0 Å². The van der Waals surface area contributed by atoms with Crippen LogP contribution < -0.4 is 0 Å². The van der Waals surface area contributed by atoms with Gasteiger partial charge in [-0.1, -0.05) is 34.6 Å². The van der Waals surface area contributed by atoms with Gasteiger partial charge in [0.2, 0.25) is 0 Å². The van der Waals surface area contributed by atoms with E-state index >= 15 is 0 Å². The lowest BCUT2D eigenvalue weighted by molar-refractivity contribution is -0.158. The summed E-state index contributed by atoms with van der Waals surface area (Å²) in [5.74, 6) is 0.682. The number of carbonyl (C=O) groups is 1. The monoisotopic (exact) mass is 267 g/mol. The van der Waals surface area contributed by atoms with Crippen molar-refractivity contribution in [2.75, 3.05) is 19.6 Å². The van der Waals surface area contributed by atoms with Crippen LogP contribution in [0.4, 0.5) is 0 Å². The fourth-order valence-electron chi connectivity index (χ4n) is 4.13. The maximum atomic E-state index is 12.1. The van der Waals surface area contributed by atoms with E-state index in [4.69, 9.17) is 4.74 Å². The molecule has 0 aromatic carbocycles. The summed E-state index contributed by atoms with van der Waals surface area (Å²) < 4.78 is 5.84. The second kappa shape index (κ2) is 5.08. The van der Waals surface area contributed by atoms with Crippen molar-refractivity contribution < 1.29 is 9.53 Å². The van der Waals surface area contributed by atoms with Crippen LogP contribution in [0.25, 0.3) is 0 Å². The van der Waals surface area contributed by atoms with Crippen LogP contribution in [-0.4, -0.2) is 36.6 Å². The number of rotatable bonds is 5. The molecule has 0 heterocycles. The summed E-state index contributed by atoms with van der Waals surface area (Å²) in [5, 5.41) is 0. The molecule has 19 heavy (non-hydrogen) atoms. The van der Waals surface area contributed by atoms with Crippen LogP contribution in [0.1, 0.15) is 53.9 Å². The molecule has 3 heteroatoms. The van der Waals surface area contributed by atoms with Gasteiger partial charge < -0.3 is 4.74 Å². The van der Waals surface area contributed by atoms with E-state index in [0.717, 1.165) is 25.4 Å². The molecule has 2 rings (SSSR count). The zero-order valence-electron chi connectivity index (χ0n) is 13.2. The van der Waals surface area contributed by atoms with Gasteiger partial charge in [-0.15, -0.1) is 0 Å². The normalized spacial score (nSPS) is 35.9. The van der Waals surface area contributed by atoms with Gasteiger partial charge in [0.15, 0.2) is 0 Å². The molecule has 2 bridgehead atoms. The largest absolute Gasteiger partial charge is 0.461 e. The van der Waals surface area contributed by atoms with Crippen molar-refractivity contribution in [3.8, 4) is 0 Å². The quantitative estimate of drug-likeness (QED) is 0.717. The summed E-state index contributed by atoms with van der Waals surface area (Å²) in [6, 6.07) is 0. The minimum Gasteiger partial charge on any atom is -0.461 e. The fraction of sp³-hybridized carbons (Fsp3) is 0.938. The SMILES string of the molecule is CCN(CC)CC(=O)O[C@H]1C[C@H]2CC[C@]1(C)C2(C)C. The molecule has 0 spiro atoms. The first-order valence-electron chi connectivity index (χ1n) is 7.77. The highest BCUT2D eigenvalue weighted by atomic mass is 16.5. The van der Waals surface area contributed by atoms with E-state index in [0.29, 0.717) is 12.0 Å². The van der Waals surface area contributed by atoms with Gasteiger partial charge in [-0.25, -0.2) is 0 Å². The van der Waals surface area contributed by atoms with Crippen LogP contribution in [0, 0.1) is 16.7 Å². The Labute approximate surface area is 117 Å². The zero-order valence-corrected chi connectivity index (χ0v) is 13.2. The summed E-state index contributed by atoms with van der Waals surface area (Å²) in [5.41, 5.74) is 0.490. The number of likely N-dealkylation sites (N-methyl/N-ethyl adjacent to an activating group) is 1. The second-order valence-corrected chi connectivity index (χ2v) is 7.05. The van der Waals surface area contributed by atoms with Gasteiger partial charge in [-0.3, -0.25) is 9.69 Å². The van der Waals surface area contributed by atoms with Gasteiger partial charge in [0, 0.05) is 5.41 Å². The van der Waals surface area contributed by atoms with Crippen LogP contribution in [-0.2, 0) is 9.53 Å². The molecule has 0 unspecified atom stereocenters. The van der Waals surface area contributed by atoms with Crippen molar-refractivity contribution in [2.45, 2.75) is 60.0 Å². The molecule has 2 saturated carbocycles. The summed E-state index contributed by atoms with van der Waals surface area (Å²) in [7, 11) is 0. The minimum absolute atomic E-state index is 0.0433. The molecule has 2 fully saturated rings. The molecule has 3 atom stereocenters. The van der Waals surface area contributed by atoms with Gasteiger partial charge in [-0.2, -0.15) is 0 Å². The molecule has 0 radical (unpaired) electrons. The zero-order chi connectivity index (χ0) is 14.3. The Balaban J connectivity index is 1.96. The molecule has 3 nitrogen and oxygen atoms in total. The smallest absolute Gasteiger partial charge is 0.320 e. The Morgan fingerprint density at radius 2 is 1.89 bits per heavy atom. The lowest BCUT2D eigenvalue weighted by Gasteiger charge is -2.38. The summed E-state index contributed by atoms with van der Waals surface area (Å²) in [6.07, 6.45) is 3.69. The molecule has 0 amide bonds. The van der Waals surface area contributed by atoms with Crippen molar-refractivity contribution in [2.24, 2.45) is 16.7 Å². The van der Waals surface area contributed by atoms with E-state index in [1.165, 1.54) is 12.8 Å². The van der Waals surface area contributed by atoms with Crippen LogP contribution in [0.15, 0.2) is 0 Å². The van der Waals surface area contributed by atoms with Gasteiger partial charge in [0.25, 0.3) is 0 Å². The van der Waals surface area contributed by atoms with Crippen LogP contribution >= 0.6 is 0 Å². The molecule has 0 N–H and O–H groups in total. The van der Waals surface area contributed by atoms with Gasteiger partial charge in [-0.05, 0) is 43.7 Å². The predicted octanol–water partition coefficient (Wildman–Crippen LogP) is 3.09. The Bertz CT molecular complexity index is 349. The van der Waals surface area contributed by atoms with Crippen LogP contribution in [0.5, 0.6) is 0 Å². The average molecular weight is 267 g/mol. The fourth-order valence-corrected chi connectivity index (χ4v) is 4.13. The summed E-state index contributed by atoms with van der Waals surface area (Å²) >= 11 is 0. The third-order valence-electron chi connectivity index (χ3n) is 6.23. The molecule has 2 aliphatic rings. The molecule has 110 valence electrons. The maximum Gasteiger partial charge on any atom is 0.320 e. The van der Waals surface area contributed by atoms with E-state index in [-0.39, 0.29) is 17.5 Å². The number of ether oxygens (including phenoxy) is 1. The third kappa shape index (κ3) is 2.31. The number of fused-ring (bicyclic) bond motifs is 2. The van der Waals surface area contributed by atoms with Gasteiger partial charge in [0.1, 0.15) is 6.10 Å². The molecular formula is C16H29NO2. The predicted molar refractivity (Wildman–Crippen MR) is 76.9 cm³/mol. The number of esters is 1. The highest BCUT2D eigenvalue weighted by Gasteiger charge is 2.62. The lowest BCUT2D eigenvalue weighted by Crippen LogP contribution is -2.40. The van der Waals surface area contributed by atoms with Gasteiger partial charge in [0.05, 0.1) is 6.54 Å². The molecule has 0 aromatic rings. The van der Waals surface area contributed by atoms with E-state index < -0.39 is 0 Å². The Hall–Kier alpha value is -0.570.